The molecule has 1 saturated heterocycles. The minimum Gasteiger partial charge on any atom is -0.353 e. The molecular formula is C17H18ClN5S. The lowest BCUT2D eigenvalue weighted by Crippen LogP contribution is -2.46. The molecule has 0 radical (unpaired) electrons. The average Bonchev–Trinajstić information content (AvgIpc) is 3.06. The summed E-state index contributed by atoms with van der Waals surface area (Å²) in [4.78, 5) is 19.1. The maximum atomic E-state index is 6.13. The molecule has 0 bridgehead atoms. The summed E-state index contributed by atoms with van der Waals surface area (Å²) in [7, 11) is 0. The largest absolute Gasteiger partial charge is 0.353 e. The molecule has 0 spiro atoms. The predicted molar refractivity (Wildman–Crippen MR) is 100.0 cm³/mol. The second-order valence-electron chi connectivity index (χ2n) is 5.84. The summed E-state index contributed by atoms with van der Waals surface area (Å²) in [5.41, 5.74) is 2.12. The highest BCUT2D eigenvalue weighted by Crippen LogP contribution is 2.38. The zero-order valence-electron chi connectivity index (χ0n) is 13.4. The zero-order chi connectivity index (χ0) is 16.5. The van der Waals surface area contributed by atoms with Gasteiger partial charge in [-0.1, -0.05) is 18.5 Å². The molecule has 1 fully saturated rings. The molecule has 24 heavy (non-hydrogen) atoms. The summed E-state index contributed by atoms with van der Waals surface area (Å²) in [6, 6.07) is 1.95. The van der Waals surface area contributed by atoms with Gasteiger partial charge in [-0.2, -0.15) is 0 Å². The van der Waals surface area contributed by atoms with Crippen LogP contribution in [0.1, 0.15) is 6.92 Å². The molecule has 7 heteroatoms. The number of nitrogens with zero attached hydrogens (tertiary/aromatic N) is 5. The standard InChI is InChI=1S/C17H18ClN5S/c1-2-22-3-5-23(6-4-22)16-15-14(10-24-17(15)21-11-20-16)12-7-13(18)9-19-8-12/h7-11H,2-6H2,1H3. The Morgan fingerprint density at radius 3 is 2.75 bits per heavy atom. The number of piperazine rings is 1. The molecule has 0 unspecified atom stereocenters. The van der Waals surface area contributed by atoms with Gasteiger partial charge >= 0.3 is 0 Å². The molecule has 0 atom stereocenters. The fourth-order valence-electron chi connectivity index (χ4n) is 3.15. The first-order valence-electron chi connectivity index (χ1n) is 8.06. The van der Waals surface area contributed by atoms with E-state index in [1.54, 1.807) is 23.9 Å². The van der Waals surface area contributed by atoms with Crippen LogP contribution in [0.15, 0.2) is 30.2 Å². The van der Waals surface area contributed by atoms with Crippen molar-refractivity contribution in [1.29, 1.82) is 0 Å². The molecule has 4 heterocycles. The third-order valence-electron chi connectivity index (χ3n) is 4.49. The summed E-state index contributed by atoms with van der Waals surface area (Å²) in [5.74, 6) is 1.02. The SMILES string of the molecule is CCN1CCN(c2ncnc3scc(-c4cncc(Cl)c4)c23)CC1. The van der Waals surface area contributed by atoms with Gasteiger partial charge in [0.15, 0.2) is 0 Å². The molecule has 4 rings (SSSR count). The molecule has 3 aromatic rings. The number of fused-ring (bicyclic) bond motifs is 1. The van der Waals surface area contributed by atoms with Crippen molar-refractivity contribution < 1.29 is 0 Å². The van der Waals surface area contributed by atoms with Crippen LogP contribution in [0.25, 0.3) is 21.3 Å². The first-order valence-corrected chi connectivity index (χ1v) is 9.32. The van der Waals surface area contributed by atoms with E-state index < -0.39 is 0 Å². The van der Waals surface area contributed by atoms with Crippen molar-refractivity contribution in [2.24, 2.45) is 0 Å². The highest BCUT2D eigenvalue weighted by molar-refractivity contribution is 7.17. The van der Waals surface area contributed by atoms with Crippen molar-refractivity contribution in [2.75, 3.05) is 37.6 Å². The van der Waals surface area contributed by atoms with Gasteiger partial charge in [-0.05, 0) is 12.6 Å². The van der Waals surface area contributed by atoms with Crippen molar-refractivity contribution >= 4 is 39.0 Å². The van der Waals surface area contributed by atoms with Crippen LogP contribution in [0.3, 0.4) is 0 Å². The molecule has 124 valence electrons. The second-order valence-corrected chi connectivity index (χ2v) is 7.13. The summed E-state index contributed by atoms with van der Waals surface area (Å²) >= 11 is 7.77. The van der Waals surface area contributed by atoms with Crippen molar-refractivity contribution in [2.45, 2.75) is 6.92 Å². The Balaban J connectivity index is 1.78. The summed E-state index contributed by atoms with van der Waals surface area (Å²) < 4.78 is 0. The van der Waals surface area contributed by atoms with Gasteiger partial charge in [0.25, 0.3) is 0 Å². The number of pyridine rings is 1. The normalized spacial score (nSPS) is 16.0. The van der Waals surface area contributed by atoms with Gasteiger partial charge in [-0.15, -0.1) is 11.3 Å². The van der Waals surface area contributed by atoms with Gasteiger partial charge < -0.3 is 9.80 Å². The van der Waals surface area contributed by atoms with E-state index in [-0.39, 0.29) is 0 Å². The molecule has 0 amide bonds. The van der Waals surface area contributed by atoms with Gasteiger partial charge in [-0.25, -0.2) is 9.97 Å². The van der Waals surface area contributed by atoms with E-state index in [4.69, 9.17) is 11.6 Å². The second kappa shape index (κ2) is 6.63. The molecule has 5 nitrogen and oxygen atoms in total. The average molecular weight is 360 g/mol. The van der Waals surface area contributed by atoms with E-state index in [0.717, 1.165) is 59.9 Å². The Labute approximate surface area is 149 Å². The first-order chi connectivity index (χ1) is 11.8. The van der Waals surface area contributed by atoms with Crippen LogP contribution in [0, 0.1) is 0 Å². The highest BCUT2D eigenvalue weighted by Gasteiger charge is 2.21. The Hall–Kier alpha value is -1.76. The Morgan fingerprint density at radius 2 is 2.00 bits per heavy atom. The maximum absolute atomic E-state index is 6.13. The lowest BCUT2D eigenvalue weighted by Gasteiger charge is -2.35. The van der Waals surface area contributed by atoms with Crippen LogP contribution < -0.4 is 4.90 Å². The first kappa shape index (κ1) is 15.7. The van der Waals surface area contributed by atoms with E-state index in [1.807, 2.05) is 12.3 Å². The van der Waals surface area contributed by atoms with Crippen LogP contribution in [-0.2, 0) is 0 Å². The van der Waals surface area contributed by atoms with Gasteiger partial charge in [0, 0.05) is 55.1 Å². The van der Waals surface area contributed by atoms with Gasteiger partial charge in [-0.3, -0.25) is 4.98 Å². The van der Waals surface area contributed by atoms with E-state index in [1.165, 1.54) is 0 Å². The van der Waals surface area contributed by atoms with Crippen LogP contribution in [-0.4, -0.2) is 52.6 Å². The van der Waals surface area contributed by atoms with Crippen LogP contribution in [0.5, 0.6) is 0 Å². The summed E-state index contributed by atoms with van der Waals surface area (Å²) in [6.07, 6.45) is 5.17. The van der Waals surface area contributed by atoms with Crippen LogP contribution in [0.4, 0.5) is 5.82 Å². The van der Waals surface area contributed by atoms with E-state index in [2.05, 4.69) is 37.1 Å². The van der Waals surface area contributed by atoms with Crippen LogP contribution in [0.2, 0.25) is 5.02 Å². The molecule has 0 saturated carbocycles. The molecule has 1 aliphatic rings. The number of aromatic nitrogens is 3. The predicted octanol–water partition coefficient (Wildman–Crippen LogP) is 3.55. The number of halogens is 1. The highest BCUT2D eigenvalue weighted by atomic mass is 35.5. The quantitative estimate of drug-likeness (QED) is 0.715. The summed E-state index contributed by atoms with van der Waals surface area (Å²) in [5, 5.41) is 3.87. The lowest BCUT2D eigenvalue weighted by atomic mass is 10.1. The Kier molecular flexibility index (Phi) is 4.35. The fourth-order valence-corrected chi connectivity index (χ4v) is 4.23. The number of hydrogen-bond acceptors (Lipinski definition) is 6. The molecule has 0 N–H and O–H groups in total. The minimum absolute atomic E-state index is 0.641. The van der Waals surface area contributed by atoms with Crippen molar-refractivity contribution in [3.05, 3.63) is 35.2 Å². The van der Waals surface area contributed by atoms with Gasteiger partial charge in [0.1, 0.15) is 17.0 Å². The number of hydrogen-bond donors (Lipinski definition) is 0. The molecule has 0 aromatic carbocycles. The minimum atomic E-state index is 0.641. The van der Waals surface area contributed by atoms with Crippen molar-refractivity contribution in [3.8, 4) is 11.1 Å². The smallest absolute Gasteiger partial charge is 0.141 e. The molecule has 0 aliphatic carbocycles. The lowest BCUT2D eigenvalue weighted by molar-refractivity contribution is 0.271. The summed E-state index contributed by atoms with van der Waals surface area (Å²) in [6.45, 7) is 7.43. The topological polar surface area (TPSA) is 45.2 Å². The third kappa shape index (κ3) is 2.85. The zero-order valence-corrected chi connectivity index (χ0v) is 15.0. The molecule has 1 aliphatic heterocycles. The molecular weight excluding hydrogens is 342 g/mol. The Morgan fingerprint density at radius 1 is 1.17 bits per heavy atom. The van der Waals surface area contributed by atoms with Gasteiger partial charge in [0.2, 0.25) is 0 Å². The molecule has 3 aromatic heterocycles. The van der Waals surface area contributed by atoms with Crippen molar-refractivity contribution in [1.82, 2.24) is 19.9 Å². The monoisotopic (exact) mass is 359 g/mol. The van der Waals surface area contributed by atoms with E-state index >= 15 is 0 Å². The third-order valence-corrected chi connectivity index (χ3v) is 5.58. The van der Waals surface area contributed by atoms with E-state index in [9.17, 15) is 0 Å². The van der Waals surface area contributed by atoms with Crippen LogP contribution >= 0.6 is 22.9 Å². The van der Waals surface area contributed by atoms with Crippen molar-refractivity contribution in [3.63, 3.8) is 0 Å². The number of rotatable bonds is 3. The number of anilines is 1. The fraction of sp³-hybridized carbons (Fsp3) is 0.353. The Bertz CT molecular complexity index is 857. The van der Waals surface area contributed by atoms with Gasteiger partial charge in [0.05, 0.1) is 10.4 Å². The number of thiophene rings is 1. The maximum Gasteiger partial charge on any atom is 0.141 e. The van der Waals surface area contributed by atoms with E-state index in [0.29, 0.717) is 5.02 Å². The number of likely N-dealkylation sites (N-methyl/N-ethyl adjacent to an activating group) is 1.